The van der Waals surface area contributed by atoms with Gasteiger partial charge in [0.15, 0.2) is 18.0 Å². The Morgan fingerprint density at radius 3 is 1.84 bits per heavy atom. The van der Waals surface area contributed by atoms with Crippen LogP contribution < -0.4 is 16.0 Å². The van der Waals surface area contributed by atoms with Crippen LogP contribution in [0.3, 0.4) is 0 Å². The van der Waals surface area contributed by atoms with Gasteiger partial charge in [-0.1, -0.05) is 12.1 Å². The topological polar surface area (TPSA) is 211 Å². The summed E-state index contributed by atoms with van der Waals surface area (Å²) in [7, 11) is 6.08. The fourth-order valence-corrected chi connectivity index (χ4v) is 5.69. The molecule has 0 aromatic heterocycles. The first-order chi connectivity index (χ1) is 29.3. The molecule has 3 atom stereocenters. The minimum atomic E-state index is -1.46. The van der Waals surface area contributed by atoms with E-state index in [-0.39, 0.29) is 37.5 Å². The van der Waals surface area contributed by atoms with Crippen molar-refractivity contribution >= 4 is 47.1 Å². The van der Waals surface area contributed by atoms with Crippen molar-refractivity contribution in [2.45, 2.75) is 151 Å². The molecule has 0 aliphatic rings. The SMILES string of the molecule is CC(=O)NCc1ccc(NC(=O)NCCCCCOC(C)(C)C(=O)C(C)OC(=O)C(C)OC(C)(C)C(C)(C)C(=O)OCC(C)(COC(C)(C)C(C)=O)C(=O)OCCC[N+](C)(C)C)cc1. The second-order valence-corrected chi connectivity index (χ2v) is 19.7. The number of anilines is 1. The number of quaternary nitrogens is 1. The third-order valence-corrected chi connectivity index (χ3v) is 11.2. The Bertz CT molecular complexity index is 1730. The first-order valence-corrected chi connectivity index (χ1v) is 22.0. The van der Waals surface area contributed by atoms with E-state index in [0.29, 0.717) is 42.5 Å². The fourth-order valence-electron chi connectivity index (χ4n) is 5.69. The molecule has 1 rings (SSSR count). The van der Waals surface area contributed by atoms with Crippen LogP contribution in [0.2, 0.25) is 0 Å². The van der Waals surface area contributed by atoms with Crippen molar-refractivity contribution < 1.29 is 66.5 Å². The summed E-state index contributed by atoms with van der Waals surface area (Å²) >= 11 is 0. The molecule has 0 spiro atoms. The molecular weight excluding hydrogens is 829 g/mol. The smallest absolute Gasteiger partial charge is 0.335 e. The Morgan fingerprint density at radius 2 is 1.28 bits per heavy atom. The van der Waals surface area contributed by atoms with Crippen LogP contribution in [0.4, 0.5) is 10.5 Å². The van der Waals surface area contributed by atoms with Crippen molar-refractivity contribution in [3.63, 3.8) is 0 Å². The zero-order valence-corrected chi connectivity index (χ0v) is 41.5. The maximum absolute atomic E-state index is 13.7. The molecule has 0 aliphatic heterocycles. The van der Waals surface area contributed by atoms with Crippen molar-refractivity contribution in [3.8, 4) is 0 Å². The van der Waals surface area contributed by atoms with Crippen molar-refractivity contribution in [2.75, 3.05) is 66.0 Å². The Hall–Kier alpha value is -4.45. The van der Waals surface area contributed by atoms with Crippen molar-refractivity contribution in [3.05, 3.63) is 29.8 Å². The molecule has 3 amide bonds. The molecule has 0 bridgehead atoms. The molecule has 0 aliphatic carbocycles. The summed E-state index contributed by atoms with van der Waals surface area (Å²) in [5.41, 5.74) is -5.10. The number of rotatable bonds is 29. The van der Waals surface area contributed by atoms with Gasteiger partial charge in [-0.2, -0.15) is 0 Å². The first kappa shape index (κ1) is 57.6. The van der Waals surface area contributed by atoms with Gasteiger partial charge < -0.3 is 48.9 Å². The number of hydrogen-bond acceptors (Lipinski definition) is 13. The number of benzene rings is 1. The molecule has 0 fully saturated rings. The van der Waals surface area contributed by atoms with E-state index >= 15 is 0 Å². The predicted molar refractivity (Wildman–Crippen MR) is 242 cm³/mol. The predicted octanol–water partition coefficient (Wildman–Crippen LogP) is 5.69. The van der Waals surface area contributed by atoms with E-state index in [2.05, 4.69) is 16.0 Å². The van der Waals surface area contributed by atoms with E-state index in [0.717, 1.165) is 18.5 Å². The lowest BCUT2D eigenvalue weighted by Gasteiger charge is -2.41. The summed E-state index contributed by atoms with van der Waals surface area (Å²) in [4.78, 5) is 89.3. The van der Waals surface area contributed by atoms with E-state index in [9.17, 15) is 33.6 Å². The number of nitrogens with one attached hydrogen (secondary N) is 3. The lowest BCUT2D eigenvalue weighted by Crippen LogP contribution is -2.52. The molecule has 0 heterocycles. The quantitative estimate of drug-likeness (QED) is 0.0382. The molecule has 1 aromatic rings. The normalized spacial score (nSPS) is 14.3. The molecular formula is C47H79N4O13+. The number of carbonyl (C=O) groups excluding carboxylic acids is 7. The highest BCUT2D eigenvalue weighted by atomic mass is 16.6. The molecule has 0 saturated heterocycles. The van der Waals surface area contributed by atoms with Gasteiger partial charge in [-0.3, -0.25) is 24.0 Å². The molecule has 1 aromatic carbocycles. The number of Topliss-reactive ketones (excluding diaryl/α,β-unsaturated/α-hetero) is 2. The van der Waals surface area contributed by atoms with Gasteiger partial charge in [0.2, 0.25) is 11.7 Å². The largest absolute Gasteiger partial charge is 0.465 e. The number of carbonyl (C=O) groups is 7. The van der Waals surface area contributed by atoms with Gasteiger partial charge in [0, 0.05) is 38.7 Å². The molecule has 0 radical (unpaired) electrons. The minimum absolute atomic E-state index is 0.121. The number of ether oxygens (including phenoxy) is 6. The summed E-state index contributed by atoms with van der Waals surface area (Å²) in [6, 6.07) is 6.81. The van der Waals surface area contributed by atoms with Crippen LogP contribution in [-0.2, 0) is 63.7 Å². The number of unbranched alkanes of at least 4 members (excludes halogenated alkanes) is 2. The fraction of sp³-hybridized carbons (Fsp3) is 0.723. The highest BCUT2D eigenvalue weighted by molar-refractivity contribution is 5.92. The lowest BCUT2D eigenvalue weighted by molar-refractivity contribution is -0.870. The molecule has 17 heteroatoms. The summed E-state index contributed by atoms with van der Waals surface area (Å²) in [6.07, 6.45) is 0.250. The highest BCUT2D eigenvalue weighted by Crippen LogP contribution is 2.37. The van der Waals surface area contributed by atoms with Gasteiger partial charge in [0.05, 0.1) is 51.9 Å². The van der Waals surface area contributed by atoms with Crippen LogP contribution in [0.25, 0.3) is 0 Å². The molecule has 17 nitrogen and oxygen atoms in total. The van der Waals surface area contributed by atoms with Gasteiger partial charge in [-0.25, -0.2) is 9.59 Å². The van der Waals surface area contributed by atoms with Crippen molar-refractivity contribution in [1.82, 2.24) is 10.6 Å². The molecule has 64 heavy (non-hydrogen) atoms. The minimum Gasteiger partial charge on any atom is -0.465 e. The monoisotopic (exact) mass is 908 g/mol. The maximum atomic E-state index is 13.7. The van der Waals surface area contributed by atoms with Crippen LogP contribution in [0, 0.1) is 10.8 Å². The van der Waals surface area contributed by atoms with Gasteiger partial charge in [0.1, 0.15) is 23.2 Å². The van der Waals surface area contributed by atoms with Crippen molar-refractivity contribution in [1.29, 1.82) is 0 Å². The Labute approximate surface area is 381 Å². The van der Waals surface area contributed by atoms with Crippen molar-refractivity contribution in [2.24, 2.45) is 10.8 Å². The van der Waals surface area contributed by atoms with Gasteiger partial charge >= 0.3 is 23.9 Å². The molecule has 364 valence electrons. The third kappa shape index (κ3) is 19.7. The standard InChI is InChI=1S/C47H78N4O13/c1-32(38(54)45(9,10)61-28-19-17-18-25-48-42(58)50-37-23-21-36(22-24-37)29-49-35(4)53)63-39(55)33(2)64-46(11,12)43(5,6)40(56)60-30-47(13,31-62-44(7,8)34(3)52)41(57)59-27-20-26-51(14,15)16/h21-24,32-33H,17-20,25-31H2,1-16H3,(H2-,48,49,50,53,58)/p+1. The highest BCUT2D eigenvalue weighted by Gasteiger charge is 2.49. The number of nitrogens with zero attached hydrogens (tertiary/aromatic N) is 1. The summed E-state index contributed by atoms with van der Waals surface area (Å²) in [5, 5.41) is 8.29. The maximum Gasteiger partial charge on any atom is 0.335 e. The second kappa shape index (κ2) is 24.7. The van der Waals surface area contributed by atoms with Crippen LogP contribution in [0.15, 0.2) is 24.3 Å². The summed E-state index contributed by atoms with van der Waals surface area (Å²) in [5.74, 6) is -3.01. The van der Waals surface area contributed by atoms with E-state index in [4.69, 9.17) is 28.4 Å². The zero-order chi connectivity index (χ0) is 49.3. The van der Waals surface area contributed by atoms with Crippen LogP contribution in [-0.4, -0.2) is 136 Å². The average Bonchev–Trinajstić information content (AvgIpc) is 3.18. The van der Waals surface area contributed by atoms with Gasteiger partial charge in [0.25, 0.3) is 0 Å². The molecule has 0 saturated carbocycles. The number of ketones is 2. The van der Waals surface area contributed by atoms with Crippen LogP contribution in [0.5, 0.6) is 0 Å². The van der Waals surface area contributed by atoms with E-state index in [1.165, 1.54) is 27.7 Å². The van der Waals surface area contributed by atoms with Gasteiger partial charge in [-0.15, -0.1) is 0 Å². The van der Waals surface area contributed by atoms with Crippen LogP contribution in [0.1, 0.15) is 121 Å². The molecule has 3 N–H and O–H groups in total. The summed E-state index contributed by atoms with van der Waals surface area (Å²) < 4.78 is 35.4. The number of urea groups is 1. The van der Waals surface area contributed by atoms with E-state index in [1.807, 2.05) is 33.3 Å². The average molecular weight is 908 g/mol. The Morgan fingerprint density at radius 1 is 0.672 bits per heavy atom. The zero-order valence-electron chi connectivity index (χ0n) is 41.5. The van der Waals surface area contributed by atoms with E-state index in [1.54, 1.807) is 74.4 Å². The third-order valence-electron chi connectivity index (χ3n) is 11.2. The summed E-state index contributed by atoms with van der Waals surface area (Å²) in [6.45, 7) is 21.4. The first-order valence-electron chi connectivity index (χ1n) is 22.0. The Balaban J connectivity index is 2.70. The number of esters is 3. The van der Waals surface area contributed by atoms with E-state index < -0.39 is 70.1 Å². The second-order valence-electron chi connectivity index (χ2n) is 19.7. The van der Waals surface area contributed by atoms with Gasteiger partial charge in [-0.05, 0) is 120 Å². The number of hydrogen-bond donors (Lipinski definition) is 3. The number of amides is 3. The molecule has 3 unspecified atom stereocenters. The van der Waals surface area contributed by atoms with Crippen LogP contribution >= 0.6 is 0 Å². The lowest BCUT2D eigenvalue weighted by atomic mass is 9.76. The Kier molecular flexibility index (Phi) is 22.2.